The number of hydrogen-bond acceptors (Lipinski definition) is 7. The second-order valence-electron chi connectivity index (χ2n) is 7.99. The van der Waals surface area contributed by atoms with Gasteiger partial charge in [0, 0.05) is 44.9 Å². The zero-order chi connectivity index (χ0) is 22.1. The predicted molar refractivity (Wildman–Crippen MR) is 121 cm³/mol. The number of aromatic nitrogens is 2. The molecule has 4 aliphatic heterocycles. The van der Waals surface area contributed by atoms with Crippen molar-refractivity contribution in [3.8, 4) is 5.75 Å². The molecular formula is C22H23ClN6O3. The summed E-state index contributed by atoms with van der Waals surface area (Å²) >= 11 is 6.33. The third-order valence-electron chi connectivity index (χ3n) is 5.96. The predicted octanol–water partition coefficient (Wildman–Crippen LogP) is 2.78. The lowest BCUT2D eigenvalue weighted by atomic mass is 10.0. The number of carbonyl (C=O) groups is 2. The zero-order valence-corrected chi connectivity index (χ0v) is 18.2. The Hall–Kier alpha value is -3.20. The summed E-state index contributed by atoms with van der Waals surface area (Å²) in [6, 6.07) is 5.26. The molecule has 1 N–H and O–H groups in total. The number of benzene rings is 1. The molecule has 9 nitrogen and oxygen atoms in total. The second-order valence-corrected chi connectivity index (χ2v) is 8.40. The largest absolute Gasteiger partial charge is 0.494 e. The minimum atomic E-state index is -0.639. The monoisotopic (exact) mass is 454 g/mol. The first-order chi connectivity index (χ1) is 15.6. The van der Waals surface area contributed by atoms with E-state index in [1.165, 1.54) is 6.33 Å². The number of aliphatic imine (C=N–C) groups is 1. The summed E-state index contributed by atoms with van der Waals surface area (Å²) in [7, 11) is 0. The van der Waals surface area contributed by atoms with Crippen molar-refractivity contribution in [1.29, 1.82) is 0 Å². The van der Waals surface area contributed by atoms with Gasteiger partial charge in [0.05, 0.1) is 22.9 Å². The second kappa shape index (κ2) is 8.74. The highest BCUT2D eigenvalue weighted by Crippen LogP contribution is 2.37. The van der Waals surface area contributed by atoms with Crippen molar-refractivity contribution in [1.82, 2.24) is 14.9 Å². The van der Waals surface area contributed by atoms with E-state index in [1.807, 2.05) is 4.90 Å². The van der Waals surface area contributed by atoms with Crippen LogP contribution in [0.5, 0.6) is 5.75 Å². The van der Waals surface area contributed by atoms with Crippen molar-refractivity contribution in [3.63, 3.8) is 0 Å². The Kier molecular flexibility index (Phi) is 5.65. The number of rotatable bonds is 0. The number of nitrogens with one attached hydrogen (secondary N) is 1. The van der Waals surface area contributed by atoms with Gasteiger partial charge in [0.2, 0.25) is 11.8 Å². The summed E-state index contributed by atoms with van der Waals surface area (Å²) in [5.74, 6) is 1.14. The van der Waals surface area contributed by atoms with Crippen LogP contribution in [0.25, 0.3) is 0 Å². The summed E-state index contributed by atoms with van der Waals surface area (Å²) in [5, 5.41) is 3.29. The smallest absolute Gasteiger partial charge is 0.238 e. The fourth-order valence-corrected chi connectivity index (χ4v) is 4.39. The van der Waals surface area contributed by atoms with Crippen molar-refractivity contribution >= 4 is 47.0 Å². The van der Waals surface area contributed by atoms with Crippen LogP contribution in [0, 0.1) is 0 Å². The van der Waals surface area contributed by atoms with Gasteiger partial charge in [0.15, 0.2) is 0 Å². The molecule has 0 spiro atoms. The first-order valence-electron chi connectivity index (χ1n) is 10.7. The van der Waals surface area contributed by atoms with Crippen LogP contribution in [0.1, 0.15) is 30.7 Å². The number of hydrogen-bond donors (Lipinski definition) is 1. The van der Waals surface area contributed by atoms with Crippen LogP contribution in [0.15, 0.2) is 29.5 Å². The highest BCUT2D eigenvalue weighted by molar-refractivity contribution is 6.33. The van der Waals surface area contributed by atoms with Gasteiger partial charge in [-0.2, -0.15) is 0 Å². The van der Waals surface area contributed by atoms with E-state index >= 15 is 0 Å². The average Bonchev–Trinajstić information content (AvgIpc) is 3.13. The maximum atomic E-state index is 12.7. The summed E-state index contributed by atoms with van der Waals surface area (Å²) in [6.07, 6.45) is 5.09. The quantitative estimate of drug-likeness (QED) is 0.657. The summed E-state index contributed by atoms with van der Waals surface area (Å²) in [5.41, 5.74) is 1.22. The maximum Gasteiger partial charge on any atom is 0.238 e. The molecular weight excluding hydrogens is 432 g/mol. The summed E-state index contributed by atoms with van der Waals surface area (Å²) in [6.45, 7) is 3.03. The third-order valence-corrected chi connectivity index (χ3v) is 6.28. The molecule has 6 rings (SSSR count). The Balaban J connectivity index is 1.53. The Labute approximate surface area is 190 Å². The van der Waals surface area contributed by atoms with Gasteiger partial charge in [-0.05, 0) is 25.0 Å². The van der Waals surface area contributed by atoms with Gasteiger partial charge in [-0.25, -0.2) is 9.97 Å². The normalized spacial score (nSPS) is 21.0. The van der Waals surface area contributed by atoms with Crippen molar-refractivity contribution in [2.24, 2.45) is 4.99 Å². The van der Waals surface area contributed by atoms with E-state index in [0.29, 0.717) is 72.9 Å². The van der Waals surface area contributed by atoms with Crippen molar-refractivity contribution < 1.29 is 14.3 Å². The molecule has 1 fully saturated rings. The third kappa shape index (κ3) is 4.00. The highest BCUT2D eigenvalue weighted by atomic mass is 35.5. The summed E-state index contributed by atoms with van der Waals surface area (Å²) < 4.78 is 5.82. The van der Waals surface area contributed by atoms with Crippen LogP contribution in [0.3, 0.4) is 0 Å². The molecule has 1 unspecified atom stereocenters. The molecule has 1 aromatic heterocycles. The Morgan fingerprint density at radius 3 is 2.72 bits per heavy atom. The van der Waals surface area contributed by atoms with Crippen molar-refractivity contribution in [3.05, 3.63) is 35.1 Å². The molecule has 0 aliphatic carbocycles. The molecule has 5 heterocycles. The lowest BCUT2D eigenvalue weighted by Crippen LogP contribution is -2.49. The first kappa shape index (κ1) is 20.7. The number of ether oxygens (including phenoxy) is 1. The molecule has 2 aromatic rings. The molecule has 4 bridgehead atoms. The van der Waals surface area contributed by atoms with Crippen LogP contribution in [0.2, 0.25) is 5.02 Å². The fraction of sp³-hybridized carbons (Fsp3) is 0.409. The SMILES string of the molecule is O=C1Nc2ncnc3c2C1C=Nc1cc(ccc1Cl)OCCCCC(=O)N1CCN3CC1. The number of nitrogens with zero attached hydrogens (tertiary/aromatic N) is 5. The number of halogens is 1. The molecule has 0 saturated carbocycles. The number of amides is 2. The number of anilines is 2. The minimum absolute atomic E-state index is 0.161. The topological polar surface area (TPSA) is 100 Å². The van der Waals surface area contributed by atoms with Gasteiger partial charge < -0.3 is 19.9 Å². The van der Waals surface area contributed by atoms with Gasteiger partial charge in [-0.1, -0.05) is 11.6 Å². The van der Waals surface area contributed by atoms with E-state index in [1.54, 1.807) is 24.4 Å². The van der Waals surface area contributed by atoms with E-state index in [2.05, 4.69) is 25.2 Å². The molecule has 32 heavy (non-hydrogen) atoms. The summed E-state index contributed by atoms with van der Waals surface area (Å²) in [4.78, 5) is 42.6. The standard InChI is InChI=1S/C22H23ClN6O3/c23-16-5-4-14-11-17(16)24-12-15-19-20(27-22(15)31)25-13-26-21(19)29-8-6-28(7-9-29)18(30)3-1-2-10-32-14/h4-5,11-13,15H,1-3,6-10H2,(H,25,26,27,31). The Bertz CT molecular complexity index is 1080. The molecule has 1 atom stereocenters. The Morgan fingerprint density at radius 1 is 1.06 bits per heavy atom. The van der Waals surface area contributed by atoms with Crippen LogP contribution in [-0.2, 0) is 9.59 Å². The average molecular weight is 455 g/mol. The minimum Gasteiger partial charge on any atom is -0.494 e. The molecule has 0 radical (unpaired) electrons. The molecule has 1 aromatic carbocycles. The van der Waals surface area contributed by atoms with Crippen LogP contribution < -0.4 is 15.0 Å². The van der Waals surface area contributed by atoms with Crippen LogP contribution in [-0.4, -0.2) is 65.7 Å². The Morgan fingerprint density at radius 2 is 1.88 bits per heavy atom. The fourth-order valence-electron chi connectivity index (χ4n) is 4.22. The first-order valence-corrected chi connectivity index (χ1v) is 11.1. The van der Waals surface area contributed by atoms with E-state index in [0.717, 1.165) is 12.8 Å². The lowest BCUT2D eigenvalue weighted by Gasteiger charge is -2.36. The van der Waals surface area contributed by atoms with E-state index in [4.69, 9.17) is 16.3 Å². The molecule has 166 valence electrons. The number of fused-ring (bicyclic) bond motifs is 7. The highest BCUT2D eigenvalue weighted by Gasteiger charge is 2.36. The number of carbonyl (C=O) groups excluding carboxylic acids is 2. The van der Waals surface area contributed by atoms with Gasteiger partial charge in [0.25, 0.3) is 0 Å². The lowest BCUT2D eigenvalue weighted by molar-refractivity contribution is -0.131. The molecule has 4 aliphatic rings. The van der Waals surface area contributed by atoms with E-state index in [9.17, 15) is 9.59 Å². The van der Waals surface area contributed by atoms with Crippen molar-refractivity contribution in [2.45, 2.75) is 25.2 Å². The number of piperazine rings is 1. The van der Waals surface area contributed by atoms with Crippen LogP contribution >= 0.6 is 11.6 Å². The molecule has 10 heteroatoms. The van der Waals surface area contributed by atoms with Gasteiger partial charge in [-0.15, -0.1) is 0 Å². The van der Waals surface area contributed by atoms with Crippen molar-refractivity contribution in [2.75, 3.05) is 43.0 Å². The molecule has 2 amide bonds. The van der Waals surface area contributed by atoms with Gasteiger partial charge in [0.1, 0.15) is 29.6 Å². The zero-order valence-electron chi connectivity index (χ0n) is 17.5. The maximum absolute atomic E-state index is 12.7. The van der Waals surface area contributed by atoms with Gasteiger partial charge >= 0.3 is 0 Å². The van der Waals surface area contributed by atoms with Crippen LogP contribution in [0.4, 0.5) is 17.3 Å². The van der Waals surface area contributed by atoms with E-state index in [-0.39, 0.29) is 11.8 Å². The van der Waals surface area contributed by atoms with E-state index < -0.39 is 5.92 Å². The molecule has 1 saturated heterocycles. The van der Waals surface area contributed by atoms with Gasteiger partial charge in [-0.3, -0.25) is 14.6 Å².